The number of nitrogens with zero attached hydrogens (tertiary/aromatic N) is 2. The second-order valence-electron chi connectivity index (χ2n) is 5.54. The van der Waals surface area contributed by atoms with Gasteiger partial charge in [0.25, 0.3) is 0 Å². The van der Waals surface area contributed by atoms with Gasteiger partial charge in [-0.2, -0.15) is 18.4 Å². The molecule has 0 aliphatic heterocycles. The number of benzene rings is 1. The smallest absolute Gasteiger partial charge is 0.417 e. The molecule has 0 saturated carbocycles. The first kappa shape index (κ1) is 22.0. The van der Waals surface area contributed by atoms with Gasteiger partial charge in [0.1, 0.15) is 23.4 Å². The lowest BCUT2D eigenvalue weighted by Crippen LogP contribution is -2.30. The highest BCUT2D eigenvalue weighted by atomic mass is 32.2. The van der Waals surface area contributed by atoms with Crippen molar-refractivity contribution in [1.29, 1.82) is 5.26 Å². The Bertz CT molecular complexity index is 974. The first-order valence-electron chi connectivity index (χ1n) is 7.93. The second-order valence-corrected chi connectivity index (χ2v) is 6.50. The van der Waals surface area contributed by atoms with Crippen LogP contribution in [0.15, 0.2) is 35.4 Å². The van der Waals surface area contributed by atoms with Gasteiger partial charge in [-0.3, -0.25) is 9.59 Å². The van der Waals surface area contributed by atoms with E-state index < -0.39 is 41.5 Å². The van der Waals surface area contributed by atoms with Crippen molar-refractivity contribution < 1.29 is 32.6 Å². The maximum Gasteiger partial charge on any atom is 0.417 e. The lowest BCUT2D eigenvalue weighted by Gasteiger charge is -2.14. The number of alkyl halides is 3. The quantitative estimate of drug-likeness (QED) is 0.656. The highest BCUT2D eigenvalue weighted by Gasteiger charge is 2.36. The molecule has 0 spiro atoms. The molecule has 11 heteroatoms. The number of amides is 1. The third-order valence-corrected chi connectivity index (χ3v) is 4.52. The number of carbonyl (C=O) groups excluding carboxylic acids is 1. The highest BCUT2D eigenvalue weighted by molar-refractivity contribution is 8.00. The van der Waals surface area contributed by atoms with Crippen LogP contribution in [0, 0.1) is 11.3 Å². The van der Waals surface area contributed by atoms with Gasteiger partial charge < -0.3 is 15.2 Å². The van der Waals surface area contributed by atoms with Gasteiger partial charge in [-0.1, -0.05) is 23.9 Å². The summed E-state index contributed by atoms with van der Waals surface area (Å²) in [5.74, 6) is -1.99. The zero-order chi connectivity index (χ0) is 21.6. The Morgan fingerprint density at radius 2 is 2.07 bits per heavy atom. The number of aromatic nitrogens is 1. The summed E-state index contributed by atoms with van der Waals surface area (Å²) in [6.45, 7) is -0.629. The zero-order valence-corrected chi connectivity index (χ0v) is 15.7. The third kappa shape index (κ3) is 5.86. The van der Waals surface area contributed by atoms with Crippen molar-refractivity contribution in [3.05, 3.63) is 41.5 Å². The Morgan fingerprint density at radius 1 is 1.34 bits per heavy atom. The normalized spacial score (nSPS) is 10.9. The summed E-state index contributed by atoms with van der Waals surface area (Å²) in [5.41, 5.74) is -1.61. The summed E-state index contributed by atoms with van der Waals surface area (Å²) < 4.78 is 45.6. The van der Waals surface area contributed by atoms with Crippen LogP contribution >= 0.6 is 11.8 Å². The second kappa shape index (κ2) is 9.29. The van der Waals surface area contributed by atoms with Crippen molar-refractivity contribution in [2.75, 3.05) is 19.4 Å². The van der Waals surface area contributed by atoms with Gasteiger partial charge in [0.15, 0.2) is 0 Å². The maximum absolute atomic E-state index is 13.5. The van der Waals surface area contributed by atoms with Gasteiger partial charge in [-0.05, 0) is 18.2 Å². The number of methoxy groups -OCH3 is 1. The van der Waals surface area contributed by atoms with Crippen LogP contribution in [0.3, 0.4) is 0 Å². The van der Waals surface area contributed by atoms with E-state index in [0.29, 0.717) is 23.1 Å². The molecule has 1 aromatic carbocycles. The average Bonchev–Trinajstić information content (AvgIpc) is 2.69. The van der Waals surface area contributed by atoms with Gasteiger partial charge in [-0.15, -0.1) is 0 Å². The minimum atomic E-state index is -4.82. The summed E-state index contributed by atoms with van der Waals surface area (Å²) in [6, 6.07) is 8.47. The summed E-state index contributed by atoms with van der Waals surface area (Å²) in [5, 5.41) is 19.6. The number of thioether (sulfide) groups is 1. The van der Waals surface area contributed by atoms with E-state index >= 15 is 0 Å². The molecule has 0 saturated heterocycles. The van der Waals surface area contributed by atoms with Gasteiger partial charge in [0, 0.05) is 5.56 Å². The number of hydrogen-bond donors (Lipinski definition) is 2. The number of aliphatic carboxylic acids is 1. The molecule has 0 aliphatic carbocycles. The number of rotatable bonds is 7. The fourth-order valence-corrected chi connectivity index (χ4v) is 3.08. The first-order valence-corrected chi connectivity index (χ1v) is 8.92. The Hall–Kier alpha value is -3.26. The topological polar surface area (TPSA) is 112 Å². The monoisotopic (exact) mass is 425 g/mol. The number of nitrogens with one attached hydrogen (secondary N) is 1. The Morgan fingerprint density at radius 3 is 2.66 bits per heavy atom. The van der Waals surface area contributed by atoms with Gasteiger partial charge in [0.05, 0.1) is 29.7 Å². The summed E-state index contributed by atoms with van der Waals surface area (Å²) >= 11 is 0.611. The summed E-state index contributed by atoms with van der Waals surface area (Å²) in [4.78, 5) is 26.3. The van der Waals surface area contributed by atoms with Crippen LogP contribution in [-0.4, -0.2) is 41.4 Å². The van der Waals surface area contributed by atoms with E-state index in [1.54, 1.807) is 12.1 Å². The number of nitriles is 1. The Balaban J connectivity index is 2.46. The Labute approximate surface area is 167 Å². The van der Waals surface area contributed by atoms with E-state index in [1.165, 1.54) is 25.3 Å². The van der Waals surface area contributed by atoms with Gasteiger partial charge >= 0.3 is 12.1 Å². The molecule has 1 aromatic heterocycles. The van der Waals surface area contributed by atoms with Crippen LogP contribution in [0.1, 0.15) is 11.1 Å². The third-order valence-electron chi connectivity index (χ3n) is 3.55. The van der Waals surface area contributed by atoms with Crippen molar-refractivity contribution in [3.8, 4) is 23.1 Å². The zero-order valence-electron chi connectivity index (χ0n) is 14.9. The van der Waals surface area contributed by atoms with Crippen LogP contribution < -0.4 is 10.1 Å². The molecule has 29 heavy (non-hydrogen) atoms. The standard InChI is InChI=1S/C18H14F3N3O4S/c1-28-11-4-2-3-10(5-11)14-6-13(18(19,20)21)12(7-22)17(24-14)29-9-15(25)23-8-16(26)27/h2-6H,8-9H2,1H3,(H,23,25)(H,26,27). The molecule has 2 N–H and O–H groups in total. The fraction of sp³-hybridized carbons (Fsp3) is 0.222. The predicted octanol–water partition coefficient (Wildman–Crippen LogP) is 2.94. The van der Waals surface area contributed by atoms with Crippen molar-refractivity contribution in [2.24, 2.45) is 0 Å². The molecule has 0 radical (unpaired) electrons. The molecule has 2 aromatic rings. The summed E-state index contributed by atoms with van der Waals surface area (Å²) in [7, 11) is 1.41. The molecule has 0 unspecified atom stereocenters. The van der Waals surface area contributed by atoms with E-state index in [2.05, 4.69) is 10.3 Å². The molecule has 1 amide bonds. The van der Waals surface area contributed by atoms with E-state index in [0.717, 1.165) is 6.07 Å². The first-order chi connectivity index (χ1) is 13.7. The number of halogens is 3. The van der Waals surface area contributed by atoms with Crippen molar-refractivity contribution in [2.45, 2.75) is 11.2 Å². The highest BCUT2D eigenvalue weighted by Crippen LogP contribution is 2.38. The molecule has 0 bridgehead atoms. The molecular formula is C18H14F3N3O4S. The fourth-order valence-electron chi connectivity index (χ4n) is 2.25. The van der Waals surface area contributed by atoms with Crippen molar-refractivity contribution >= 4 is 23.6 Å². The predicted molar refractivity (Wildman–Crippen MR) is 97.3 cm³/mol. The SMILES string of the molecule is COc1cccc(-c2cc(C(F)(F)F)c(C#N)c(SCC(=O)NCC(=O)O)n2)c1. The molecule has 1 heterocycles. The lowest BCUT2D eigenvalue weighted by atomic mass is 10.1. The van der Waals surface area contributed by atoms with Crippen LogP contribution in [-0.2, 0) is 15.8 Å². The average molecular weight is 425 g/mol. The van der Waals surface area contributed by atoms with Crippen molar-refractivity contribution in [3.63, 3.8) is 0 Å². The minimum Gasteiger partial charge on any atom is -0.497 e. The molecule has 152 valence electrons. The van der Waals surface area contributed by atoms with E-state index in [9.17, 15) is 28.0 Å². The number of carbonyl (C=O) groups is 2. The van der Waals surface area contributed by atoms with Crippen molar-refractivity contribution in [1.82, 2.24) is 10.3 Å². The Kier molecular flexibility index (Phi) is 7.06. The molecule has 0 fully saturated rings. The molecule has 2 rings (SSSR count). The molecule has 7 nitrogen and oxygen atoms in total. The van der Waals surface area contributed by atoms with E-state index in [1.807, 2.05) is 0 Å². The number of hydrogen-bond acceptors (Lipinski definition) is 6. The largest absolute Gasteiger partial charge is 0.497 e. The number of carboxylic acid groups (broad SMARTS) is 1. The van der Waals surface area contributed by atoms with Crippen LogP contribution in [0.4, 0.5) is 13.2 Å². The van der Waals surface area contributed by atoms with Crippen LogP contribution in [0.2, 0.25) is 0 Å². The number of pyridine rings is 1. The van der Waals surface area contributed by atoms with Crippen LogP contribution in [0.25, 0.3) is 11.3 Å². The number of ether oxygens (including phenoxy) is 1. The molecular weight excluding hydrogens is 411 g/mol. The summed E-state index contributed by atoms with van der Waals surface area (Å²) in [6.07, 6.45) is -4.82. The number of carboxylic acids is 1. The van der Waals surface area contributed by atoms with Gasteiger partial charge in [-0.25, -0.2) is 4.98 Å². The maximum atomic E-state index is 13.5. The van der Waals surface area contributed by atoms with E-state index in [-0.39, 0.29) is 10.7 Å². The minimum absolute atomic E-state index is 0.0522. The molecule has 0 atom stereocenters. The van der Waals surface area contributed by atoms with E-state index in [4.69, 9.17) is 9.84 Å². The lowest BCUT2D eigenvalue weighted by molar-refractivity contribution is -0.138. The van der Waals surface area contributed by atoms with Gasteiger partial charge in [0.2, 0.25) is 5.91 Å². The van der Waals surface area contributed by atoms with Crippen LogP contribution in [0.5, 0.6) is 5.75 Å². The molecule has 0 aliphatic rings.